The third kappa shape index (κ3) is 5.67. The minimum atomic E-state index is -0.558. The number of aliphatic hydroxyl groups is 1. The molecule has 3 aromatic rings. The monoisotopic (exact) mass is 445 g/mol. The van der Waals surface area contributed by atoms with Gasteiger partial charge in [-0.15, -0.1) is 0 Å². The summed E-state index contributed by atoms with van der Waals surface area (Å²) in [5, 5.41) is 16.1. The third-order valence-corrected chi connectivity index (χ3v) is 5.65. The highest BCUT2D eigenvalue weighted by Gasteiger charge is 2.22. The van der Waals surface area contributed by atoms with E-state index in [0.717, 1.165) is 11.3 Å². The second-order valence-corrected chi connectivity index (χ2v) is 8.04. The van der Waals surface area contributed by atoms with Gasteiger partial charge in [-0.25, -0.2) is 4.98 Å². The van der Waals surface area contributed by atoms with E-state index in [2.05, 4.69) is 15.6 Å². The van der Waals surface area contributed by atoms with Gasteiger partial charge in [0.15, 0.2) is 0 Å². The molecule has 2 amide bonds. The van der Waals surface area contributed by atoms with Crippen LogP contribution < -0.4 is 16.4 Å². The lowest BCUT2D eigenvalue weighted by atomic mass is 10.1. The third-order valence-electron chi connectivity index (χ3n) is 5.65. The molecule has 4 rings (SSSR count). The molecule has 0 radical (unpaired) electrons. The number of nitrogens with one attached hydrogen (secondary N) is 2. The zero-order chi connectivity index (χ0) is 23.2. The highest BCUT2D eigenvalue weighted by molar-refractivity contribution is 5.98. The van der Waals surface area contributed by atoms with Gasteiger partial charge in [-0.3, -0.25) is 9.59 Å². The van der Waals surface area contributed by atoms with Gasteiger partial charge >= 0.3 is 0 Å². The van der Waals surface area contributed by atoms with Gasteiger partial charge in [0.2, 0.25) is 0 Å². The topological polar surface area (TPSA) is 121 Å². The molecule has 0 bridgehead atoms. The molecular formula is C25H27N5O3. The number of benzene rings is 2. The van der Waals surface area contributed by atoms with E-state index < -0.39 is 5.91 Å². The van der Waals surface area contributed by atoms with Crippen LogP contribution in [0.25, 0.3) is 0 Å². The maximum absolute atomic E-state index is 12.7. The summed E-state index contributed by atoms with van der Waals surface area (Å²) in [6.07, 6.45) is 2.35. The standard InChI is InChI=1S/C25H27N5O3/c26-24(32)21-16-28-23(14-22(21)27-15-17-4-2-1-3-5-17)29-19-8-6-18(7-9-19)25(33)30-12-10-20(31)11-13-30/h1-9,14,16,20,31H,10-13,15H2,(H2,26,32)(H2,27,28,29). The van der Waals surface area contributed by atoms with E-state index in [1.165, 1.54) is 6.20 Å². The largest absolute Gasteiger partial charge is 0.393 e. The fourth-order valence-electron chi connectivity index (χ4n) is 3.76. The van der Waals surface area contributed by atoms with Crippen molar-refractivity contribution in [2.45, 2.75) is 25.5 Å². The number of primary amides is 1. The molecule has 8 heteroatoms. The number of pyridine rings is 1. The van der Waals surface area contributed by atoms with E-state index in [-0.39, 0.29) is 12.0 Å². The van der Waals surface area contributed by atoms with Crippen LogP contribution in [0.4, 0.5) is 17.2 Å². The summed E-state index contributed by atoms with van der Waals surface area (Å²) < 4.78 is 0. The van der Waals surface area contributed by atoms with E-state index in [4.69, 9.17) is 5.73 Å². The molecule has 0 unspecified atom stereocenters. The Balaban J connectivity index is 1.44. The summed E-state index contributed by atoms with van der Waals surface area (Å²) in [5.74, 6) is -0.0536. The fraction of sp³-hybridized carbons (Fsp3) is 0.240. The molecule has 0 aliphatic carbocycles. The van der Waals surface area contributed by atoms with Crippen LogP contribution in [0.2, 0.25) is 0 Å². The number of nitrogens with two attached hydrogens (primary N) is 1. The van der Waals surface area contributed by atoms with Gasteiger partial charge in [0.05, 0.1) is 17.4 Å². The van der Waals surface area contributed by atoms with Crippen molar-refractivity contribution in [3.05, 3.63) is 83.6 Å². The van der Waals surface area contributed by atoms with Crippen LogP contribution in [-0.2, 0) is 6.54 Å². The number of likely N-dealkylation sites (tertiary alicyclic amines) is 1. The predicted molar refractivity (Wildman–Crippen MR) is 127 cm³/mol. The molecule has 1 fully saturated rings. The van der Waals surface area contributed by atoms with E-state index in [9.17, 15) is 14.7 Å². The molecule has 1 saturated heterocycles. The molecular weight excluding hydrogens is 418 g/mol. The average Bonchev–Trinajstić information content (AvgIpc) is 2.84. The Morgan fingerprint density at radius 2 is 1.76 bits per heavy atom. The number of hydrogen-bond donors (Lipinski definition) is 4. The summed E-state index contributed by atoms with van der Waals surface area (Å²) >= 11 is 0. The number of piperidine rings is 1. The average molecular weight is 446 g/mol. The van der Waals surface area contributed by atoms with Gasteiger partial charge < -0.3 is 26.4 Å². The zero-order valence-electron chi connectivity index (χ0n) is 18.2. The van der Waals surface area contributed by atoms with Crippen molar-refractivity contribution in [1.82, 2.24) is 9.88 Å². The van der Waals surface area contributed by atoms with Crippen molar-refractivity contribution < 1.29 is 14.7 Å². The molecule has 1 aliphatic rings. The molecule has 1 aromatic heterocycles. The Bertz CT molecular complexity index is 1110. The smallest absolute Gasteiger partial charge is 0.253 e. The summed E-state index contributed by atoms with van der Waals surface area (Å²) in [6, 6.07) is 18.7. The van der Waals surface area contributed by atoms with Gasteiger partial charge in [0.25, 0.3) is 11.8 Å². The first-order valence-electron chi connectivity index (χ1n) is 10.9. The summed E-state index contributed by atoms with van der Waals surface area (Å²) in [6.45, 7) is 1.67. The quantitative estimate of drug-likeness (QED) is 0.443. The molecule has 0 spiro atoms. The number of nitrogens with zero attached hydrogens (tertiary/aromatic N) is 2. The first-order chi connectivity index (χ1) is 16.0. The van der Waals surface area contributed by atoms with Crippen LogP contribution >= 0.6 is 0 Å². The van der Waals surface area contributed by atoms with E-state index in [0.29, 0.717) is 55.1 Å². The molecule has 1 aliphatic heterocycles. The maximum atomic E-state index is 12.7. The fourth-order valence-corrected chi connectivity index (χ4v) is 3.76. The zero-order valence-corrected chi connectivity index (χ0v) is 18.2. The van der Waals surface area contributed by atoms with Gasteiger partial charge in [-0.05, 0) is 42.7 Å². The van der Waals surface area contributed by atoms with Gasteiger partial charge in [-0.1, -0.05) is 30.3 Å². The number of aromatic nitrogens is 1. The number of carbonyl (C=O) groups excluding carboxylic acids is 2. The lowest BCUT2D eigenvalue weighted by Crippen LogP contribution is -2.40. The van der Waals surface area contributed by atoms with Crippen molar-refractivity contribution in [2.75, 3.05) is 23.7 Å². The number of aliphatic hydroxyl groups excluding tert-OH is 1. The number of rotatable bonds is 7. The van der Waals surface area contributed by atoms with Crippen LogP contribution in [0, 0.1) is 0 Å². The van der Waals surface area contributed by atoms with Crippen LogP contribution in [0.1, 0.15) is 39.1 Å². The van der Waals surface area contributed by atoms with E-state index in [1.54, 1.807) is 23.1 Å². The van der Waals surface area contributed by atoms with E-state index >= 15 is 0 Å². The van der Waals surface area contributed by atoms with Crippen molar-refractivity contribution in [3.8, 4) is 0 Å². The second kappa shape index (κ2) is 10.1. The van der Waals surface area contributed by atoms with Gasteiger partial charge in [-0.2, -0.15) is 0 Å². The molecule has 170 valence electrons. The lowest BCUT2D eigenvalue weighted by Gasteiger charge is -2.29. The normalized spacial score (nSPS) is 14.0. The Morgan fingerprint density at radius 1 is 1.06 bits per heavy atom. The Kier molecular flexibility index (Phi) is 6.85. The number of anilines is 3. The maximum Gasteiger partial charge on any atom is 0.253 e. The summed E-state index contributed by atoms with van der Waals surface area (Å²) in [7, 11) is 0. The first-order valence-corrected chi connectivity index (χ1v) is 10.9. The van der Waals surface area contributed by atoms with Gasteiger partial charge in [0.1, 0.15) is 5.82 Å². The molecule has 33 heavy (non-hydrogen) atoms. The summed E-state index contributed by atoms with van der Waals surface area (Å²) in [4.78, 5) is 30.6. The highest BCUT2D eigenvalue weighted by Crippen LogP contribution is 2.23. The molecule has 2 heterocycles. The van der Waals surface area contributed by atoms with E-state index in [1.807, 2.05) is 42.5 Å². The SMILES string of the molecule is NC(=O)c1cnc(Nc2ccc(C(=O)N3CCC(O)CC3)cc2)cc1NCc1ccccc1. The molecule has 2 aromatic carbocycles. The Labute approximate surface area is 192 Å². The molecule has 8 nitrogen and oxygen atoms in total. The van der Waals surface area contributed by atoms with Gasteiger partial charge in [0, 0.05) is 43.1 Å². The highest BCUT2D eigenvalue weighted by atomic mass is 16.3. The van der Waals surface area contributed by atoms with Crippen LogP contribution in [-0.4, -0.2) is 46.0 Å². The Morgan fingerprint density at radius 3 is 2.42 bits per heavy atom. The van der Waals surface area contributed by atoms with Crippen LogP contribution in [0.15, 0.2) is 66.9 Å². The second-order valence-electron chi connectivity index (χ2n) is 8.04. The molecule has 5 N–H and O–H groups in total. The van der Waals surface area contributed by atoms with Crippen molar-refractivity contribution >= 4 is 29.0 Å². The minimum Gasteiger partial charge on any atom is -0.393 e. The number of hydrogen-bond acceptors (Lipinski definition) is 6. The van der Waals surface area contributed by atoms with Crippen LogP contribution in [0.5, 0.6) is 0 Å². The van der Waals surface area contributed by atoms with Crippen molar-refractivity contribution in [1.29, 1.82) is 0 Å². The Hall–Kier alpha value is -3.91. The van der Waals surface area contributed by atoms with Crippen molar-refractivity contribution in [3.63, 3.8) is 0 Å². The molecule has 0 atom stereocenters. The van der Waals surface area contributed by atoms with Crippen molar-refractivity contribution in [2.24, 2.45) is 5.73 Å². The first kappa shape index (κ1) is 22.3. The minimum absolute atomic E-state index is 0.0372. The number of carbonyl (C=O) groups is 2. The number of amides is 2. The summed E-state index contributed by atoms with van der Waals surface area (Å²) in [5.41, 5.74) is 8.83. The van der Waals surface area contributed by atoms with Crippen LogP contribution in [0.3, 0.4) is 0 Å². The lowest BCUT2D eigenvalue weighted by molar-refractivity contribution is 0.0546. The predicted octanol–water partition coefficient (Wildman–Crippen LogP) is 3.13. The molecule has 0 saturated carbocycles.